The summed E-state index contributed by atoms with van der Waals surface area (Å²) < 4.78 is 0. The Labute approximate surface area is 146 Å². The molecule has 0 aliphatic carbocycles. The predicted molar refractivity (Wildman–Crippen MR) is 98.9 cm³/mol. The van der Waals surface area contributed by atoms with Crippen LogP contribution >= 0.6 is 23.5 Å². The molecule has 2 rings (SSSR count). The molecular weight excluding hydrogens is 324 g/mol. The van der Waals surface area contributed by atoms with Crippen molar-refractivity contribution in [3.63, 3.8) is 0 Å². The third-order valence-electron chi connectivity index (χ3n) is 3.49. The van der Waals surface area contributed by atoms with Crippen molar-refractivity contribution in [2.24, 2.45) is 5.92 Å². The van der Waals surface area contributed by atoms with Gasteiger partial charge in [-0.1, -0.05) is 61.5 Å². The molecule has 1 N–H and O–H groups in total. The minimum absolute atomic E-state index is 0.0422. The van der Waals surface area contributed by atoms with E-state index in [9.17, 15) is 9.90 Å². The van der Waals surface area contributed by atoms with Gasteiger partial charge >= 0.3 is 0 Å². The SMILES string of the molecule is CCC[C@@H](O)[C@@H](CSc1ccccc1)C(=O)Sc1ccccc1. The Morgan fingerprint density at radius 2 is 1.57 bits per heavy atom. The molecule has 0 fully saturated rings. The first-order valence-electron chi connectivity index (χ1n) is 7.83. The van der Waals surface area contributed by atoms with Gasteiger partial charge in [0, 0.05) is 15.5 Å². The Morgan fingerprint density at radius 3 is 2.13 bits per heavy atom. The largest absolute Gasteiger partial charge is 0.392 e. The van der Waals surface area contributed by atoms with Crippen LogP contribution in [-0.4, -0.2) is 22.1 Å². The molecule has 0 aromatic heterocycles. The maximum Gasteiger partial charge on any atom is 0.200 e. The zero-order valence-corrected chi connectivity index (χ0v) is 14.9. The second-order valence-electron chi connectivity index (χ2n) is 5.32. The first-order valence-corrected chi connectivity index (χ1v) is 9.63. The van der Waals surface area contributed by atoms with Gasteiger partial charge in [0.2, 0.25) is 0 Å². The molecule has 2 nitrogen and oxygen atoms in total. The van der Waals surface area contributed by atoms with Crippen molar-refractivity contribution < 1.29 is 9.90 Å². The van der Waals surface area contributed by atoms with Gasteiger partial charge in [-0.25, -0.2) is 0 Å². The topological polar surface area (TPSA) is 37.3 Å². The van der Waals surface area contributed by atoms with Gasteiger partial charge < -0.3 is 5.11 Å². The minimum atomic E-state index is -0.583. The minimum Gasteiger partial charge on any atom is -0.392 e. The molecule has 2 atom stereocenters. The van der Waals surface area contributed by atoms with E-state index in [1.807, 2.05) is 67.6 Å². The summed E-state index contributed by atoms with van der Waals surface area (Å²) in [6, 6.07) is 19.6. The van der Waals surface area contributed by atoms with E-state index in [2.05, 4.69) is 0 Å². The fourth-order valence-corrected chi connectivity index (χ4v) is 4.33. The van der Waals surface area contributed by atoms with Crippen molar-refractivity contribution in [1.29, 1.82) is 0 Å². The van der Waals surface area contributed by atoms with Gasteiger partial charge in [0.25, 0.3) is 0 Å². The highest BCUT2D eigenvalue weighted by Gasteiger charge is 2.27. The first kappa shape index (κ1) is 18.1. The van der Waals surface area contributed by atoms with E-state index < -0.39 is 6.10 Å². The summed E-state index contributed by atoms with van der Waals surface area (Å²) in [5.41, 5.74) is 0. The molecule has 23 heavy (non-hydrogen) atoms. The van der Waals surface area contributed by atoms with E-state index in [0.29, 0.717) is 12.2 Å². The molecule has 0 amide bonds. The summed E-state index contributed by atoms with van der Waals surface area (Å²) in [5.74, 6) is 0.245. The highest BCUT2D eigenvalue weighted by atomic mass is 32.2. The van der Waals surface area contributed by atoms with E-state index in [0.717, 1.165) is 16.2 Å². The maximum atomic E-state index is 12.6. The monoisotopic (exact) mass is 346 g/mol. The molecule has 0 saturated carbocycles. The number of aliphatic hydroxyl groups excluding tert-OH is 1. The van der Waals surface area contributed by atoms with Gasteiger partial charge in [0.1, 0.15) is 0 Å². The molecule has 0 heterocycles. The van der Waals surface area contributed by atoms with Gasteiger partial charge in [0.15, 0.2) is 5.12 Å². The van der Waals surface area contributed by atoms with Crippen molar-refractivity contribution in [3.05, 3.63) is 60.7 Å². The number of carbonyl (C=O) groups excluding carboxylic acids is 1. The number of carbonyl (C=O) groups is 1. The van der Waals surface area contributed by atoms with Crippen LogP contribution in [0.3, 0.4) is 0 Å². The van der Waals surface area contributed by atoms with Crippen LogP contribution in [0.5, 0.6) is 0 Å². The van der Waals surface area contributed by atoms with Crippen molar-refractivity contribution in [1.82, 2.24) is 0 Å². The van der Waals surface area contributed by atoms with Gasteiger partial charge in [-0.15, -0.1) is 11.8 Å². The van der Waals surface area contributed by atoms with Crippen LogP contribution in [0.25, 0.3) is 0 Å². The summed E-state index contributed by atoms with van der Waals surface area (Å²) in [4.78, 5) is 14.7. The van der Waals surface area contributed by atoms with E-state index in [4.69, 9.17) is 0 Å². The highest BCUT2D eigenvalue weighted by Crippen LogP contribution is 2.29. The zero-order valence-electron chi connectivity index (χ0n) is 13.2. The summed E-state index contributed by atoms with van der Waals surface area (Å²) in [6.45, 7) is 2.03. The number of benzene rings is 2. The molecule has 0 aliphatic rings. The van der Waals surface area contributed by atoms with Crippen LogP contribution in [0.2, 0.25) is 0 Å². The normalized spacial score (nSPS) is 13.5. The molecule has 0 unspecified atom stereocenters. The number of hydrogen-bond acceptors (Lipinski definition) is 4. The van der Waals surface area contributed by atoms with E-state index in [1.54, 1.807) is 11.8 Å². The van der Waals surface area contributed by atoms with Gasteiger partial charge in [-0.2, -0.15) is 0 Å². The third kappa shape index (κ3) is 6.05. The summed E-state index contributed by atoms with van der Waals surface area (Å²) >= 11 is 2.86. The number of aliphatic hydroxyl groups is 1. The van der Waals surface area contributed by atoms with Crippen LogP contribution in [0.15, 0.2) is 70.5 Å². The molecule has 0 saturated heterocycles. The summed E-state index contributed by atoms with van der Waals surface area (Å²) in [5, 5.41) is 10.4. The molecule has 0 bridgehead atoms. The van der Waals surface area contributed by atoms with E-state index in [1.165, 1.54) is 11.8 Å². The van der Waals surface area contributed by atoms with Gasteiger partial charge in [-0.05, 0) is 30.7 Å². The Bertz CT molecular complexity index is 587. The van der Waals surface area contributed by atoms with Gasteiger partial charge in [0.05, 0.1) is 12.0 Å². The molecule has 122 valence electrons. The Hall–Kier alpha value is -1.23. The first-order chi connectivity index (χ1) is 11.2. The van der Waals surface area contributed by atoms with E-state index in [-0.39, 0.29) is 11.0 Å². The Balaban J connectivity index is 2.02. The number of thioether (sulfide) groups is 2. The quantitative estimate of drug-likeness (QED) is 0.692. The number of rotatable bonds is 8. The van der Waals surface area contributed by atoms with Crippen molar-refractivity contribution in [3.8, 4) is 0 Å². The van der Waals surface area contributed by atoms with Gasteiger partial charge in [-0.3, -0.25) is 4.79 Å². The Morgan fingerprint density at radius 1 is 1.00 bits per heavy atom. The highest BCUT2D eigenvalue weighted by molar-refractivity contribution is 8.13. The lowest BCUT2D eigenvalue weighted by atomic mass is 10.0. The molecule has 2 aromatic carbocycles. The van der Waals surface area contributed by atoms with Crippen LogP contribution < -0.4 is 0 Å². The second-order valence-corrected chi connectivity index (χ2v) is 7.49. The van der Waals surface area contributed by atoms with E-state index >= 15 is 0 Å². The molecule has 4 heteroatoms. The molecule has 0 radical (unpaired) electrons. The second kappa shape index (κ2) is 9.81. The standard InChI is InChI=1S/C19H22O2S2/c1-2-9-18(20)17(14-22-15-10-5-3-6-11-15)19(21)23-16-12-7-4-8-13-16/h3-8,10-13,17-18,20H,2,9,14H2,1H3/t17-,18-/m1/s1. The van der Waals surface area contributed by atoms with Crippen molar-refractivity contribution in [2.75, 3.05) is 5.75 Å². The lowest BCUT2D eigenvalue weighted by molar-refractivity contribution is -0.116. The van der Waals surface area contributed by atoms with Crippen LogP contribution in [0.4, 0.5) is 0 Å². The molecule has 2 aromatic rings. The maximum absolute atomic E-state index is 12.6. The average Bonchev–Trinajstić information content (AvgIpc) is 2.57. The molecule has 0 spiro atoms. The average molecular weight is 347 g/mol. The van der Waals surface area contributed by atoms with Crippen LogP contribution in [0.1, 0.15) is 19.8 Å². The van der Waals surface area contributed by atoms with Crippen LogP contribution in [0, 0.1) is 5.92 Å². The predicted octanol–water partition coefficient (Wildman–Crippen LogP) is 4.87. The fraction of sp³-hybridized carbons (Fsp3) is 0.316. The number of hydrogen-bond donors (Lipinski definition) is 1. The van der Waals surface area contributed by atoms with Crippen LogP contribution in [-0.2, 0) is 4.79 Å². The Kier molecular flexibility index (Phi) is 7.72. The van der Waals surface area contributed by atoms with Crippen molar-refractivity contribution >= 4 is 28.6 Å². The van der Waals surface area contributed by atoms with Crippen molar-refractivity contribution in [2.45, 2.75) is 35.7 Å². The lowest BCUT2D eigenvalue weighted by Gasteiger charge is -2.20. The zero-order chi connectivity index (χ0) is 16.5. The molecule has 0 aliphatic heterocycles. The summed E-state index contributed by atoms with van der Waals surface area (Å²) in [6.07, 6.45) is 0.942. The molecular formula is C19H22O2S2. The lowest BCUT2D eigenvalue weighted by Crippen LogP contribution is -2.28. The fourth-order valence-electron chi connectivity index (χ4n) is 2.22. The smallest absolute Gasteiger partial charge is 0.200 e. The summed E-state index contributed by atoms with van der Waals surface area (Å²) in [7, 11) is 0. The third-order valence-corrected chi connectivity index (χ3v) is 5.63.